The van der Waals surface area contributed by atoms with Crippen molar-refractivity contribution in [2.24, 2.45) is 5.92 Å². The van der Waals surface area contributed by atoms with Crippen molar-refractivity contribution in [3.63, 3.8) is 0 Å². The normalized spacial score (nSPS) is 25.2. The van der Waals surface area contributed by atoms with Gasteiger partial charge in [-0.25, -0.2) is 0 Å². The molecule has 2 aliphatic rings. The molecule has 2 aliphatic heterocycles. The molecule has 1 aromatic carbocycles. The number of benzene rings is 1. The summed E-state index contributed by atoms with van der Waals surface area (Å²) < 4.78 is 11.2. The molecule has 2 unspecified atom stereocenters. The fourth-order valence-electron chi connectivity index (χ4n) is 2.63. The number of carboxylic acids is 1. The average molecular weight is 298 g/mol. The summed E-state index contributed by atoms with van der Waals surface area (Å²) in [6.07, 6.45) is 1.38. The maximum absolute atomic E-state index is 11.0. The van der Waals surface area contributed by atoms with Gasteiger partial charge >= 0.3 is 5.97 Å². The van der Waals surface area contributed by atoms with Gasteiger partial charge in [0.1, 0.15) is 0 Å². The van der Waals surface area contributed by atoms with E-state index in [1.54, 1.807) is 0 Å². The van der Waals surface area contributed by atoms with Crippen molar-refractivity contribution in [2.75, 3.05) is 19.8 Å². The molecule has 2 heterocycles. The van der Waals surface area contributed by atoms with Crippen molar-refractivity contribution in [1.29, 1.82) is 0 Å². The van der Waals surface area contributed by atoms with Crippen LogP contribution < -0.4 is 14.8 Å². The third-order valence-electron chi connectivity index (χ3n) is 3.71. The molecule has 1 saturated heterocycles. The molecule has 0 spiro atoms. The number of carbonyl (C=O) groups is 1. The minimum absolute atomic E-state index is 0.00856. The zero-order valence-electron chi connectivity index (χ0n) is 10.9. The molecule has 2 atom stereocenters. The van der Waals surface area contributed by atoms with Gasteiger partial charge in [-0.15, -0.1) is 0 Å². The summed E-state index contributed by atoms with van der Waals surface area (Å²) in [4.78, 5) is 11.0. The Hall–Kier alpha value is -1.46. The van der Waals surface area contributed by atoms with Gasteiger partial charge in [0.2, 0.25) is 0 Å². The highest BCUT2D eigenvalue weighted by Gasteiger charge is 2.31. The number of aliphatic carboxylic acids is 1. The monoisotopic (exact) mass is 297 g/mol. The van der Waals surface area contributed by atoms with Crippen molar-refractivity contribution in [3.05, 3.63) is 22.7 Å². The maximum atomic E-state index is 11.0. The van der Waals surface area contributed by atoms with Gasteiger partial charge in [-0.2, -0.15) is 0 Å². The minimum atomic E-state index is -0.763. The molecule has 0 saturated carbocycles. The molecule has 1 fully saturated rings. The van der Waals surface area contributed by atoms with Crippen LogP contribution in [0, 0.1) is 5.92 Å². The Morgan fingerprint density at radius 1 is 1.35 bits per heavy atom. The van der Waals surface area contributed by atoms with Crippen LogP contribution in [-0.2, 0) is 4.79 Å². The Morgan fingerprint density at radius 2 is 2.15 bits per heavy atom. The third kappa shape index (κ3) is 2.55. The first-order valence-electron chi connectivity index (χ1n) is 6.70. The van der Waals surface area contributed by atoms with E-state index in [9.17, 15) is 4.79 Å². The average Bonchev–Trinajstić information content (AvgIpc) is 2.79. The Balaban J connectivity index is 1.86. The molecule has 20 heavy (non-hydrogen) atoms. The van der Waals surface area contributed by atoms with E-state index in [2.05, 4.69) is 5.32 Å². The van der Waals surface area contributed by atoms with E-state index < -0.39 is 5.97 Å². The van der Waals surface area contributed by atoms with E-state index in [1.807, 2.05) is 12.1 Å². The second-order valence-electron chi connectivity index (χ2n) is 5.11. The van der Waals surface area contributed by atoms with Crippen LogP contribution in [-0.4, -0.2) is 30.8 Å². The van der Waals surface area contributed by atoms with E-state index in [4.69, 9.17) is 26.2 Å². The van der Waals surface area contributed by atoms with Gasteiger partial charge in [0, 0.05) is 19.0 Å². The van der Waals surface area contributed by atoms with Crippen molar-refractivity contribution in [1.82, 2.24) is 5.32 Å². The van der Waals surface area contributed by atoms with Gasteiger partial charge in [-0.3, -0.25) is 4.79 Å². The first kappa shape index (κ1) is 13.5. The quantitative estimate of drug-likeness (QED) is 0.876. The molecule has 2 N–H and O–H groups in total. The van der Waals surface area contributed by atoms with E-state index in [1.165, 1.54) is 0 Å². The van der Waals surface area contributed by atoms with Crippen LogP contribution in [0.3, 0.4) is 0 Å². The van der Waals surface area contributed by atoms with Crippen LogP contribution in [0.4, 0.5) is 0 Å². The van der Waals surface area contributed by atoms with Crippen LogP contribution >= 0.6 is 11.6 Å². The predicted molar refractivity (Wildman–Crippen MR) is 73.5 cm³/mol. The lowest BCUT2D eigenvalue weighted by Crippen LogP contribution is -2.17. The van der Waals surface area contributed by atoms with Crippen molar-refractivity contribution in [3.8, 4) is 11.5 Å². The highest BCUT2D eigenvalue weighted by atomic mass is 35.5. The van der Waals surface area contributed by atoms with Crippen molar-refractivity contribution in [2.45, 2.75) is 18.9 Å². The van der Waals surface area contributed by atoms with E-state index in [0.29, 0.717) is 42.7 Å². The number of ether oxygens (including phenoxy) is 2. The summed E-state index contributed by atoms with van der Waals surface area (Å²) in [5, 5.41) is 12.8. The van der Waals surface area contributed by atoms with Gasteiger partial charge in [-0.1, -0.05) is 11.6 Å². The Morgan fingerprint density at radius 3 is 2.90 bits per heavy atom. The lowest BCUT2D eigenvalue weighted by molar-refractivity contribution is -0.141. The van der Waals surface area contributed by atoms with E-state index in [-0.39, 0.29) is 12.0 Å². The highest BCUT2D eigenvalue weighted by Crippen LogP contribution is 2.41. The van der Waals surface area contributed by atoms with Crippen molar-refractivity contribution < 1.29 is 19.4 Å². The van der Waals surface area contributed by atoms with Gasteiger partial charge in [0.15, 0.2) is 11.5 Å². The third-order valence-corrected chi connectivity index (χ3v) is 3.99. The second kappa shape index (κ2) is 5.50. The van der Waals surface area contributed by atoms with Crippen LogP contribution in [0.25, 0.3) is 0 Å². The molecule has 108 valence electrons. The topological polar surface area (TPSA) is 67.8 Å². The van der Waals surface area contributed by atoms with E-state index >= 15 is 0 Å². The number of fused-ring (bicyclic) bond motifs is 1. The Labute approximate surface area is 121 Å². The predicted octanol–water partition coefficient (Wildman–Crippen LogP) is 2.24. The molecule has 5 nitrogen and oxygen atoms in total. The number of rotatable bonds is 2. The zero-order chi connectivity index (χ0) is 14.1. The summed E-state index contributed by atoms with van der Waals surface area (Å²) in [5.41, 5.74) is 0.947. The second-order valence-corrected chi connectivity index (χ2v) is 5.52. The summed E-state index contributed by atoms with van der Waals surface area (Å²) in [5.74, 6) is 0.112. The first-order valence-corrected chi connectivity index (χ1v) is 7.08. The number of carboxylic acid groups (broad SMARTS) is 1. The molecule has 0 aromatic heterocycles. The van der Waals surface area contributed by atoms with Gasteiger partial charge in [0.25, 0.3) is 0 Å². The van der Waals surface area contributed by atoms with E-state index in [0.717, 1.165) is 12.0 Å². The minimum Gasteiger partial charge on any atom is -0.489 e. The molecule has 0 amide bonds. The number of hydrogen-bond acceptors (Lipinski definition) is 4. The zero-order valence-corrected chi connectivity index (χ0v) is 11.7. The molecule has 0 aliphatic carbocycles. The fourth-order valence-corrected chi connectivity index (χ4v) is 2.90. The maximum Gasteiger partial charge on any atom is 0.307 e. The smallest absolute Gasteiger partial charge is 0.307 e. The largest absolute Gasteiger partial charge is 0.489 e. The lowest BCUT2D eigenvalue weighted by atomic mass is 10.00. The molecular formula is C14H16ClNO4. The van der Waals surface area contributed by atoms with Crippen LogP contribution in [0.5, 0.6) is 11.5 Å². The van der Waals surface area contributed by atoms with Crippen LogP contribution in [0.15, 0.2) is 12.1 Å². The number of nitrogens with one attached hydrogen (secondary N) is 1. The molecule has 1 aromatic rings. The molecule has 0 bridgehead atoms. The van der Waals surface area contributed by atoms with Gasteiger partial charge in [0.05, 0.1) is 24.2 Å². The van der Waals surface area contributed by atoms with Crippen LogP contribution in [0.1, 0.15) is 24.4 Å². The van der Waals surface area contributed by atoms with Crippen LogP contribution in [0.2, 0.25) is 5.02 Å². The summed E-state index contributed by atoms with van der Waals surface area (Å²) in [6, 6.07) is 3.72. The first-order chi connectivity index (χ1) is 9.65. The summed E-state index contributed by atoms with van der Waals surface area (Å²) in [6.45, 7) is 1.67. The standard InChI is InChI=1S/C14H16ClNO4/c15-10-4-8(11-5-9(7-16-11)14(17)18)6-12-13(10)20-3-1-2-19-12/h4,6,9,11,16H,1-3,5,7H2,(H,17,18). The number of hydrogen-bond donors (Lipinski definition) is 2. The Kier molecular flexibility index (Phi) is 3.72. The SMILES string of the molecule is O=C(O)C1CNC(c2cc(Cl)c3c(c2)OCCCO3)C1. The summed E-state index contributed by atoms with van der Waals surface area (Å²) in [7, 11) is 0. The Bertz CT molecular complexity index is 534. The van der Waals surface area contributed by atoms with Gasteiger partial charge < -0.3 is 19.9 Å². The molecule has 6 heteroatoms. The lowest BCUT2D eigenvalue weighted by Gasteiger charge is -2.15. The molecule has 0 radical (unpaired) electrons. The van der Waals surface area contributed by atoms with Crippen molar-refractivity contribution >= 4 is 17.6 Å². The molecule has 3 rings (SSSR count). The summed E-state index contributed by atoms with van der Waals surface area (Å²) >= 11 is 6.25. The number of halogens is 1. The van der Waals surface area contributed by atoms with Gasteiger partial charge in [-0.05, 0) is 24.1 Å². The molecular weight excluding hydrogens is 282 g/mol. The highest BCUT2D eigenvalue weighted by molar-refractivity contribution is 6.32. The fraction of sp³-hybridized carbons (Fsp3) is 0.500.